The molecular formula is C16H31NO4. The van der Waals surface area contributed by atoms with Gasteiger partial charge in [0.2, 0.25) is 5.91 Å². The van der Waals surface area contributed by atoms with Crippen LogP contribution in [0.4, 0.5) is 0 Å². The van der Waals surface area contributed by atoms with Crippen LogP contribution in [0.3, 0.4) is 0 Å². The molecule has 0 radical (unpaired) electrons. The van der Waals surface area contributed by atoms with E-state index in [0.29, 0.717) is 6.42 Å². The Morgan fingerprint density at radius 1 is 1.19 bits per heavy atom. The maximum atomic E-state index is 12.0. The zero-order valence-electron chi connectivity index (χ0n) is 13.5. The summed E-state index contributed by atoms with van der Waals surface area (Å²) in [6.45, 7) is 5.71. The molecule has 5 atom stereocenters. The molecule has 1 aliphatic rings. The number of carbonyl (C=O) groups excluding carboxylic acids is 1. The molecule has 1 rings (SSSR count). The first-order valence-corrected chi connectivity index (χ1v) is 8.25. The molecule has 5 heteroatoms. The summed E-state index contributed by atoms with van der Waals surface area (Å²) in [5.74, 6) is -0.221. The molecule has 5 nitrogen and oxygen atoms in total. The van der Waals surface area contributed by atoms with Crippen molar-refractivity contribution in [1.82, 2.24) is 5.32 Å². The Bertz CT molecular complexity index is 311. The van der Waals surface area contributed by atoms with Crippen molar-refractivity contribution in [3.05, 3.63) is 0 Å². The lowest BCUT2D eigenvalue weighted by atomic mass is 9.87. The predicted molar refractivity (Wildman–Crippen MR) is 81.9 cm³/mol. The number of hydrogen-bond acceptors (Lipinski definition) is 4. The lowest BCUT2D eigenvalue weighted by molar-refractivity contribution is -0.161. The van der Waals surface area contributed by atoms with Crippen molar-refractivity contribution in [2.24, 2.45) is 5.92 Å². The minimum absolute atomic E-state index is 0.0272. The summed E-state index contributed by atoms with van der Waals surface area (Å²) in [4.78, 5) is 12.0. The number of rotatable bonds is 8. The Morgan fingerprint density at radius 3 is 2.48 bits per heavy atom. The fourth-order valence-corrected chi connectivity index (χ4v) is 2.87. The number of aliphatic hydroxyl groups is 2. The third kappa shape index (κ3) is 5.57. The molecule has 0 aromatic rings. The van der Waals surface area contributed by atoms with Gasteiger partial charge in [0, 0.05) is 12.3 Å². The van der Waals surface area contributed by atoms with Crippen LogP contribution in [0.5, 0.6) is 0 Å². The van der Waals surface area contributed by atoms with E-state index in [1.807, 2.05) is 13.8 Å². The Morgan fingerprint density at radius 2 is 1.86 bits per heavy atom. The first-order valence-electron chi connectivity index (χ1n) is 8.25. The minimum atomic E-state index is -0.685. The molecule has 0 spiro atoms. The molecule has 21 heavy (non-hydrogen) atoms. The quantitative estimate of drug-likeness (QED) is 0.595. The summed E-state index contributed by atoms with van der Waals surface area (Å²) in [7, 11) is 0. The number of amides is 1. The zero-order chi connectivity index (χ0) is 15.8. The van der Waals surface area contributed by atoms with E-state index in [9.17, 15) is 15.0 Å². The van der Waals surface area contributed by atoms with Crippen LogP contribution in [0.2, 0.25) is 0 Å². The second-order valence-electron chi connectivity index (χ2n) is 6.17. The Balaban J connectivity index is 2.37. The topological polar surface area (TPSA) is 78.8 Å². The third-order valence-corrected chi connectivity index (χ3v) is 4.40. The third-order valence-electron chi connectivity index (χ3n) is 4.40. The van der Waals surface area contributed by atoms with Gasteiger partial charge in [0.15, 0.2) is 0 Å². The second-order valence-corrected chi connectivity index (χ2v) is 6.17. The molecule has 1 aliphatic heterocycles. The summed E-state index contributed by atoms with van der Waals surface area (Å²) in [6.07, 6.45) is 4.70. The molecule has 124 valence electrons. The average molecular weight is 301 g/mol. The van der Waals surface area contributed by atoms with E-state index >= 15 is 0 Å². The largest absolute Gasteiger partial charge is 0.394 e. The Hall–Kier alpha value is -0.650. The second kappa shape index (κ2) is 9.38. The highest BCUT2D eigenvalue weighted by Gasteiger charge is 2.41. The fourth-order valence-electron chi connectivity index (χ4n) is 2.87. The van der Waals surface area contributed by atoms with Crippen molar-refractivity contribution in [1.29, 1.82) is 0 Å². The molecule has 1 saturated heterocycles. The van der Waals surface area contributed by atoms with E-state index < -0.39 is 12.1 Å². The number of ether oxygens (including phenoxy) is 1. The highest BCUT2D eigenvalue weighted by Crippen LogP contribution is 2.25. The first kappa shape index (κ1) is 18.4. The van der Waals surface area contributed by atoms with Crippen molar-refractivity contribution >= 4 is 5.91 Å². The van der Waals surface area contributed by atoms with E-state index in [-0.39, 0.29) is 30.6 Å². The van der Waals surface area contributed by atoms with Crippen LogP contribution in [0, 0.1) is 5.92 Å². The maximum absolute atomic E-state index is 12.0. The van der Waals surface area contributed by atoms with E-state index in [2.05, 4.69) is 12.2 Å². The van der Waals surface area contributed by atoms with Crippen LogP contribution in [-0.4, -0.2) is 47.1 Å². The number of carbonyl (C=O) groups is 1. The van der Waals surface area contributed by atoms with Crippen molar-refractivity contribution in [2.75, 3.05) is 6.61 Å². The lowest BCUT2D eigenvalue weighted by Gasteiger charge is -2.42. The Labute approximate surface area is 128 Å². The summed E-state index contributed by atoms with van der Waals surface area (Å²) in [5, 5.41) is 22.4. The standard InChI is InChI=1S/C16H31NO4/c1-4-5-6-7-8-9-14(19)17-15-12(3)21-13(10-18)11(2)16(15)20/h11-13,15-16,18,20H,4-10H2,1-3H3,(H,17,19)/t11-,12+,13?,15?,16-/m1/s1. The highest BCUT2D eigenvalue weighted by atomic mass is 16.5. The van der Waals surface area contributed by atoms with E-state index in [4.69, 9.17) is 4.74 Å². The molecule has 2 unspecified atom stereocenters. The minimum Gasteiger partial charge on any atom is -0.394 e. The van der Waals surface area contributed by atoms with E-state index in [1.54, 1.807) is 0 Å². The van der Waals surface area contributed by atoms with Crippen molar-refractivity contribution in [3.63, 3.8) is 0 Å². The molecular weight excluding hydrogens is 270 g/mol. The predicted octanol–water partition coefficient (Wildman–Crippen LogP) is 1.61. The van der Waals surface area contributed by atoms with Crippen LogP contribution in [0.1, 0.15) is 59.3 Å². The number of aliphatic hydroxyl groups excluding tert-OH is 2. The maximum Gasteiger partial charge on any atom is 0.220 e. The number of hydrogen-bond donors (Lipinski definition) is 3. The van der Waals surface area contributed by atoms with Crippen LogP contribution in [0.15, 0.2) is 0 Å². The highest BCUT2D eigenvalue weighted by molar-refractivity contribution is 5.76. The Kier molecular flexibility index (Phi) is 8.22. The van der Waals surface area contributed by atoms with Crippen LogP contribution in [-0.2, 0) is 9.53 Å². The van der Waals surface area contributed by atoms with Crippen LogP contribution >= 0.6 is 0 Å². The van der Waals surface area contributed by atoms with Crippen LogP contribution < -0.4 is 5.32 Å². The number of nitrogens with one attached hydrogen (secondary N) is 1. The summed E-state index contributed by atoms with van der Waals surface area (Å²) >= 11 is 0. The van der Waals surface area contributed by atoms with Gasteiger partial charge in [-0.25, -0.2) is 0 Å². The fraction of sp³-hybridized carbons (Fsp3) is 0.938. The molecule has 3 N–H and O–H groups in total. The van der Waals surface area contributed by atoms with Gasteiger partial charge in [-0.05, 0) is 13.3 Å². The summed E-state index contributed by atoms with van der Waals surface area (Å²) < 4.78 is 5.66. The first-order chi connectivity index (χ1) is 10.0. The summed E-state index contributed by atoms with van der Waals surface area (Å²) in [6, 6.07) is -0.397. The van der Waals surface area contributed by atoms with Gasteiger partial charge in [-0.15, -0.1) is 0 Å². The normalized spacial score (nSPS) is 32.9. The molecule has 1 fully saturated rings. The molecule has 0 bridgehead atoms. The van der Waals surface area contributed by atoms with Gasteiger partial charge < -0.3 is 20.3 Å². The SMILES string of the molecule is CCCCCCCC(=O)NC1[C@H](C)OC(CO)[C@@H](C)[C@H]1O. The average Bonchev–Trinajstić information content (AvgIpc) is 2.47. The molecule has 0 aromatic heterocycles. The van der Waals surface area contributed by atoms with Gasteiger partial charge in [-0.2, -0.15) is 0 Å². The molecule has 1 amide bonds. The van der Waals surface area contributed by atoms with E-state index in [0.717, 1.165) is 12.8 Å². The molecule has 0 aromatic carbocycles. The van der Waals surface area contributed by atoms with Gasteiger partial charge in [0.1, 0.15) is 0 Å². The number of unbranched alkanes of at least 4 members (excludes halogenated alkanes) is 4. The smallest absolute Gasteiger partial charge is 0.220 e. The monoisotopic (exact) mass is 301 g/mol. The lowest BCUT2D eigenvalue weighted by Crippen LogP contribution is -2.60. The van der Waals surface area contributed by atoms with Crippen molar-refractivity contribution < 1.29 is 19.7 Å². The van der Waals surface area contributed by atoms with Gasteiger partial charge in [0.25, 0.3) is 0 Å². The van der Waals surface area contributed by atoms with Gasteiger partial charge in [-0.3, -0.25) is 4.79 Å². The summed E-state index contributed by atoms with van der Waals surface area (Å²) in [5.41, 5.74) is 0. The van der Waals surface area contributed by atoms with Crippen molar-refractivity contribution in [3.8, 4) is 0 Å². The van der Waals surface area contributed by atoms with Crippen LogP contribution in [0.25, 0.3) is 0 Å². The van der Waals surface area contributed by atoms with Crippen molar-refractivity contribution in [2.45, 2.75) is 83.6 Å². The zero-order valence-corrected chi connectivity index (χ0v) is 13.5. The van der Waals surface area contributed by atoms with Gasteiger partial charge >= 0.3 is 0 Å². The molecule has 0 aliphatic carbocycles. The molecule has 1 heterocycles. The molecule has 0 saturated carbocycles. The van der Waals surface area contributed by atoms with E-state index in [1.165, 1.54) is 19.3 Å². The van der Waals surface area contributed by atoms with Gasteiger partial charge in [-0.1, -0.05) is 39.5 Å². The van der Waals surface area contributed by atoms with Gasteiger partial charge in [0.05, 0.1) is 31.0 Å².